The number of amides is 1. The van der Waals surface area contributed by atoms with Crippen molar-refractivity contribution in [1.29, 1.82) is 0 Å². The number of nitrogens with zero attached hydrogens (tertiary/aromatic N) is 4. The van der Waals surface area contributed by atoms with E-state index in [1.807, 2.05) is 30.0 Å². The molecule has 1 aliphatic heterocycles. The van der Waals surface area contributed by atoms with Crippen molar-refractivity contribution in [2.45, 2.75) is 11.3 Å². The number of aromatic nitrogens is 4. The van der Waals surface area contributed by atoms with Gasteiger partial charge in [-0.25, -0.2) is 19.3 Å². The van der Waals surface area contributed by atoms with Crippen LogP contribution in [0.5, 0.6) is 0 Å². The number of thioether (sulfide) groups is 1. The monoisotopic (exact) mass is 431 g/mol. The highest BCUT2D eigenvalue weighted by atomic mass is 32.2. The molecule has 0 spiro atoms. The molecule has 6 nitrogen and oxygen atoms in total. The van der Waals surface area contributed by atoms with Gasteiger partial charge >= 0.3 is 0 Å². The summed E-state index contributed by atoms with van der Waals surface area (Å²) in [5.74, 6) is 0.848. The van der Waals surface area contributed by atoms with E-state index in [9.17, 15) is 9.18 Å². The fraction of sp³-hybridized carbons (Fsp3) is 0.130. The predicted octanol–water partition coefficient (Wildman–Crippen LogP) is 4.57. The number of hydrogen-bond acceptors (Lipinski definition) is 5. The Morgan fingerprint density at radius 1 is 1.00 bits per heavy atom. The SMILES string of the molecule is CSc1ccc(-c2nc(-c3ccc(F)cc3)c(-c3ncnc4c3CC(=O)N4)n2C)cc1. The molecule has 0 atom stereocenters. The third-order valence-electron chi connectivity index (χ3n) is 5.33. The first kappa shape index (κ1) is 19.4. The molecule has 0 fully saturated rings. The van der Waals surface area contributed by atoms with E-state index in [0.717, 1.165) is 33.1 Å². The molecule has 0 radical (unpaired) electrons. The van der Waals surface area contributed by atoms with Crippen LogP contribution in [-0.4, -0.2) is 31.7 Å². The lowest BCUT2D eigenvalue weighted by atomic mass is 10.0. The fourth-order valence-electron chi connectivity index (χ4n) is 3.81. The maximum atomic E-state index is 13.6. The van der Waals surface area contributed by atoms with Crippen LogP contribution in [0.3, 0.4) is 0 Å². The average molecular weight is 431 g/mol. The normalized spacial score (nSPS) is 12.7. The van der Waals surface area contributed by atoms with Gasteiger partial charge in [-0.15, -0.1) is 11.8 Å². The van der Waals surface area contributed by atoms with Crippen molar-refractivity contribution in [2.75, 3.05) is 11.6 Å². The maximum Gasteiger partial charge on any atom is 0.230 e. The molecule has 0 unspecified atom stereocenters. The van der Waals surface area contributed by atoms with E-state index in [-0.39, 0.29) is 18.1 Å². The van der Waals surface area contributed by atoms with Gasteiger partial charge in [0.05, 0.1) is 23.5 Å². The Balaban J connectivity index is 1.75. The van der Waals surface area contributed by atoms with Crippen molar-refractivity contribution in [3.8, 4) is 34.0 Å². The van der Waals surface area contributed by atoms with Crippen LogP contribution < -0.4 is 5.32 Å². The molecular weight excluding hydrogens is 413 g/mol. The van der Waals surface area contributed by atoms with Gasteiger partial charge in [-0.05, 0) is 42.7 Å². The smallest absolute Gasteiger partial charge is 0.230 e. The molecular formula is C23H18FN5OS. The molecule has 0 saturated heterocycles. The van der Waals surface area contributed by atoms with Crippen molar-refractivity contribution in [3.05, 3.63) is 66.2 Å². The number of halogens is 1. The molecule has 1 N–H and O–H groups in total. The van der Waals surface area contributed by atoms with Crippen molar-refractivity contribution in [2.24, 2.45) is 7.05 Å². The summed E-state index contributed by atoms with van der Waals surface area (Å²) >= 11 is 1.68. The summed E-state index contributed by atoms with van der Waals surface area (Å²) in [5.41, 5.74) is 4.53. The zero-order valence-corrected chi connectivity index (χ0v) is 17.7. The molecule has 0 bridgehead atoms. The van der Waals surface area contributed by atoms with Gasteiger partial charge in [0.1, 0.15) is 23.8 Å². The standard InChI is InChI=1S/C23H18FN5OS/c1-29-21(20-17-11-18(30)27-22(17)26-12-25-20)19(13-3-7-15(24)8-4-13)28-23(29)14-5-9-16(31-2)10-6-14/h3-10,12H,11H2,1-2H3,(H,25,26,27,30). The number of rotatable bonds is 4. The molecule has 8 heteroatoms. The third-order valence-corrected chi connectivity index (χ3v) is 6.07. The third kappa shape index (κ3) is 3.38. The number of carbonyl (C=O) groups excluding carboxylic acids is 1. The first-order chi connectivity index (χ1) is 15.0. The van der Waals surface area contributed by atoms with Gasteiger partial charge < -0.3 is 9.88 Å². The van der Waals surface area contributed by atoms with Gasteiger partial charge in [0.25, 0.3) is 0 Å². The lowest BCUT2D eigenvalue weighted by molar-refractivity contribution is -0.115. The van der Waals surface area contributed by atoms with Crippen LogP contribution >= 0.6 is 11.8 Å². The fourth-order valence-corrected chi connectivity index (χ4v) is 4.21. The summed E-state index contributed by atoms with van der Waals surface area (Å²) in [5, 5.41) is 2.77. The average Bonchev–Trinajstić information content (AvgIpc) is 3.33. The van der Waals surface area contributed by atoms with Crippen LogP contribution in [0.1, 0.15) is 5.56 Å². The number of imidazole rings is 1. The predicted molar refractivity (Wildman–Crippen MR) is 119 cm³/mol. The molecule has 4 aromatic rings. The van der Waals surface area contributed by atoms with E-state index < -0.39 is 0 Å². The molecule has 154 valence electrons. The molecule has 5 rings (SSSR count). The maximum absolute atomic E-state index is 13.6. The van der Waals surface area contributed by atoms with Crippen molar-refractivity contribution >= 4 is 23.5 Å². The van der Waals surface area contributed by atoms with E-state index in [1.165, 1.54) is 18.5 Å². The summed E-state index contributed by atoms with van der Waals surface area (Å²) in [6.07, 6.45) is 3.68. The number of nitrogens with one attached hydrogen (secondary N) is 1. The lowest BCUT2D eigenvalue weighted by Crippen LogP contribution is -2.04. The van der Waals surface area contributed by atoms with Gasteiger partial charge in [-0.1, -0.05) is 12.1 Å². The van der Waals surface area contributed by atoms with E-state index in [1.54, 1.807) is 23.9 Å². The van der Waals surface area contributed by atoms with Crippen molar-refractivity contribution < 1.29 is 9.18 Å². The quantitative estimate of drug-likeness (QED) is 0.480. The van der Waals surface area contributed by atoms with Crippen LogP contribution in [0.2, 0.25) is 0 Å². The molecule has 1 amide bonds. The van der Waals surface area contributed by atoms with E-state index >= 15 is 0 Å². The molecule has 0 saturated carbocycles. The number of fused-ring (bicyclic) bond motifs is 1. The topological polar surface area (TPSA) is 72.7 Å². The summed E-state index contributed by atoms with van der Waals surface area (Å²) in [7, 11) is 1.92. The van der Waals surface area contributed by atoms with Gasteiger partial charge in [-0.3, -0.25) is 4.79 Å². The van der Waals surface area contributed by atoms with Crippen LogP contribution in [0.25, 0.3) is 34.0 Å². The van der Waals surface area contributed by atoms with Crippen molar-refractivity contribution in [1.82, 2.24) is 19.5 Å². The molecule has 2 aromatic carbocycles. The molecule has 3 heterocycles. The number of carbonyl (C=O) groups is 1. The number of anilines is 1. The highest BCUT2D eigenvalue weighted by Gasteiger charge is 2.28. The second kappa shape index (κ2) is 7.63. The Labute approximate surface area is 182 Å². The van der Waals surface area contributed by atoms with E-state index in [4.69, 9.17) is 4.98 Å². The second-order valence-corrected chi connectivity index (χ2v) is 8.08. The molecule has 31 heavy (non-hydrogen) atoms. The van der Waals surface area contributed by atoms with E-state index in [2.05, 4.69) is 27.4 Å². The molecule has 1 aliphatic rings. The number of hydrogen-bond donors (Lipinski definition) is 1. The van der Waals surface area contributed by atoms with Crippen LogP contribution in [-0.2, 0) is 18.3 Å². The second-order valence-electron chi connectivity index (χ2n) is 7.20. The first-order valence-corrected chi connectivity index (χ1v) is 10.9. The minimum absolute atomic E-state index is 0.116. The zero-order chi connectivity index (χ0) is 21.5. The van der Waals surface area contributed by atoms with Crippen LogP contribution in [0.4, 0.5) is 10.2 Å². The lowest BCUT2D eigenvalue weighted by Gasteiger charge is -2.10. The summed E-state index contributed by atoms with van der Waals surface area (Å²) in [4.78, 5) is 26.8. The van der Waals surface area contributed by atoms with Crippen LogP contribution in [0, 0.1) is 5.82 Å². The summed E-state index contributed by atoms with van der Waals surface area (Å²) in [6.45, 7) is 0. The Hall–Kier alpha value is -3.52. The Bertz CT molecular complexity index is 1300. The highest BCUT2D eigenvalue weighted by molar-refractivity contribution is 7.98. The largest absolute Gasteiger partial charge is 0.325 e. The minimum atomic E-state index is -0.313. The van der Waals surface area contributed by atoms with Gasteiger partial charge in [-0.2, -0.15) is 0 Å². The van der Waals surface area contributed by atoms with Crippen LogP contribution in [0.15, 0.2) is 59.8 Å². The van der Waals surface area contributed by atoms with Gasteiger partial charge in [0, 0.05) is 28.6 Å². The van der Waals surface area contributed by atoms with Gasteiger partial charge in [0.2, 0.25) is 5.91 Å². The Morgan fingerprint density at radius 2 is 1.71 bits per heavy atom. The molecule has 2 aromatic heterocycles. The summed E-state index contributed by atoms with van der Waals surface area (Å²) < 4.78 is 15.5. The molecule has 0 aliphatic carbocycles. The van der Waals surface area contributed by atoms with E-state index in [0.29, 0.717) is 17.2 Å². The number of benzene rings is 2. The zero-order valence-electron chi connectivity index (χ0n) is 16.9. The van der Waals surface area contributed by atoms with Crippen molar-refractivity contribution in [3.63, 3.8) is 0 Å². The Morgan fingerprint density at radius 3 is 2.42 bits per heavy atom. The first-order valence-electron chi connectivity index (χ1n) is 9.66. The minimum Gasteiger partial charge on any atom is -0.325 e. The summed E-state index contributed by atoms with van der Waals surface area (Å²) in [6, 6.07) is 14.4. The highest BCUT2D eigenvalue weighted by Crippen LogP contribution is 2.38. The van der Waals surface area contributed by atoms with Gasteiger partial charge in [0.15, 0.2) is 0 Å². The Kier molecular flexibility index (Phi) is 4.78.